The molecule has 0 saturated carbocycles. The smallest absolute Gasteiger partial charge is 0.265 e. The van der Waals surface area contributed by atoms with Gasteiger partial charge in [0, 0.05) is 17.3 Å². The van der Waals surface area contributed by atoms with Crippen LogP contribution in [0, 0.1) is 5.92 Å². The van der Waals surface area contributed by atoms with Crippen molar-refractivity contribution in [1.82, 2.24) is 5.32 Å². The van der Waals surface area contributed by atoms with Crippen molar-refractivity contribution in [3.05, 3.63) is 46.7 Å². The molecule has 5 nitrogen and oxygen atoms in total. The second-order valence-electron chi connectivity index (χ2n) is 5.52. The quantitative estimate of drug-likeness (QED) is 0.808. The number of piperidine rings is 1. The van der Waals surface area contributed by atoms with Crippen LogP contribution in [0.15, 0.2) is 41.8 Å². The topological polar surface area (TPSA) is 70.2 Å². The molecule has 0 unspecified atom stereocenters. The Kier molecular flexibility index (Phi) is 5.05. The summed E-state index contributed by atoms with van der Waals surface area (Å²) >= 11 is 1.40. The molecule has 3 rings (SSSR count). The predicted octanol–water partition coefficient (Wildman–Crippen LogP) is 2.94. The molecule has 120 valence electrons. The van der Waals surface area contributed by atoms with Gasteiger partial charge in [0.15, 0.2) is 0 Å². The third-order valence-electron chi connectivity index (χ3n) is 3.87. The fraction of sp³-hybridized carbons (Fsp3) is 0.294. The van der Waals surface area contributed by atoms with E-state index in [1.807, 2.05) is 23.6 Å². The number of hydrogen-bond acceptors (Lipinski definition) is 4. The summed E-state index contributed by atoms with van der Waals surface area (Å²) in [6.45, 7) is 1.79. The molecule has 23 heavy (non-hydrogen) atoms. The first kappa shape index (κ1) is 15.7. The van der Waals surface area contributed by atoms with Crippen molar-refractivity contribution >= 4 is 34.5 Å². The van der Waals surface area contributed by atoms with Crippen molar-refractivity contribution < 1.29 is 9.59 Å². The van der Waals surface area contributed by atoms with Crippen LogP contribution in [0.1, 0.15) is 22.5 Å². The van der Waals surface area contributed by atoms with Crippen LogP contribution in [0.4, 0.5) is 11.4 Å². The molecule has 0 spiro atoms. The normalized spacial score (nSPS) is 15.1. The molecule has 0 radical (unpaired) electrons. The van der Waals surface area contributed by atoms with Crippen LogP contribution in [-0.2, 0) is 4.79 Å². The second-order valence-corrected chi connectivity index (χ2v) is 6.47. The first-order chi connectivity index (χ1) is 11.2. The van der Waals surface area contributed by atoms with Crippen LogP contribution in [-0.4, -0.2) is 24.9 Å². The molecule has 6 heteroatoms. The molecule has 0 bridgehead atoms. The highest BCUT2D eigenvalue weighted by molar-refractivity contribution is 7.12. The van der Waals surface area contributed by atoms with Gasteiger partial charge in [0.25, 0.3) is 5.91 Å². The lowest BCUT2D eigenvalue weighted by Crippen LogP contribution is -2.34. The van der Waals surface area contributed by atoms with Crippen LogP contribution in [0.25, 0.3) is 0 Å². The Bertz CT molecular complexity index is 662. The molecule has 1 saturated heterocycles. The summed E-state index contributed by atoms with van der Waals surface area (Å²) in [6, 6.07) is 10.8. The highest BCUT2D eigenvalue weighted by Gasteiger charge is 2.20. The lowest BCUT2D eigenvalue weighted by atomic mass is 9.97. The Balaban J connectivity index is 1.56. The molecule has 1 aliphatic heterocycles. The van der Waals surface area contributed by atoms with Crippen molar-refractivity contribution in [3.8, 4) is 0 Å². The maximum atomic E-state index is 12.2. The van der Waals surface area contributed by atoms with Gasteiger partial charge in [-0.2, -0.15) is 0 Å². The van der Waals surface area contributed by atoms with Crippen LogP contribution < -0.4 is 16.0 Å². The molecule has 1 aromatic carbocycles. The van der Waals surface area contributed by atoms with Crippen LogP contribution in [0.3, 0.4) is 0 Å². The van der Waals surface area contributed by atoms with E-state index in [1.54, 1.807) is 18.2 Å². The zero-order valence-corrected chi connectivity index (χ0v) is 13.5. The fourth-order valence-corrected chi connectivity index (χ4v) is 3.18. The van der Waals surface area contributed by atoms with Crippen molar-refractivity contribution in [2.24, 2.45) is 5.92 Å². The molecule has 2 amide bonds. The average Bonchev–Trinajstić information content (AvgIpc) is 3.12. The van der Waals surface area contributed by atoms with E-state index in [-0.39, 0.29) is 17.7 Å². The second kappa shape index (κ2) is 7.39. The first-order valence-corrected chi connectivity index (χ1v) is 8.57. The lowest BCUT2D eigenvalue weighted by molar-refractivity contribution is -0.120. The van der Waals surface area contributed by atoms with Crippen molar-refractivity contribution in [2.75, 3.05) is 23.7 Å². The van der Waals surface area contributed by atoms with Gasteiger partial charge in [-0.3, -0.25) is 9.59 Å². The Morgan fingerprint density at radius 2 is 1.65 bits per heavy atom. The van der Waals surface area contributed by atoms with Gasteiger partial charge in [-0.25, -0.2) is 0 Å². The molecule has 1 aromatic heterocycles. The summed E-state index contributed by atoms with van der Waals surface area (Å²) in [4.78, 5) is 24.8. The van der Waals surface area contributed by atoms with E-state index in [4.69, 9.17) is 0 Å². The van der Waals surface area contributed by atoms with Gasteiger partial charge in [0.05, 0.1) is 4.88 Å². The van der Waals surface area contributed by atoms with E-state index in [2.05, 4.69) is 16.0 Å². The third kappa shape index (κ3) is 4.18. The van der Waals surface area contributed by atoms with E-state index in [0.717, 1.165) is 31.6 Å². The molecule has 2 heterocycles. The van der Waals surface area contributed by atoms with Gasteiger partial charge in [0.2, 0.25) is 5.91 Å². The largest absolute Gasteiger partial charge is 0.326 e. The molecule has 3 N–H and O–H groups in total. The Morgan fingerprint density at radius 1 is 1.00 bits per heavy atom. The number of thiophene rings is 1. The van der Waals surface area contributed by atoms with Gasteiger partial charge in [-0.1, -0.05) is 6.07 Å². The maximum Gasteiger partial charge on any atom is 0.265 e. The highest BCUT2D eigenvalue weighted by atomic mass is 32.1. The van der Waals surface area contributed by atoms with E-state index in [1.165, 1.54) is 11.3 Å². The fourth-order valence-electron chi connectivity index (χ4n) is 2.57. The SMILES string of the molecule is O=C(Nc1ccc(NC(=O)C2CCNCC2)cc1)c1cccs1. The number of carbonyl (C=O) groups is 2. The van der Waals surface area contributed by atoms with E-state index in [9.17, 15) is 9.59 Å². The highest BCUT2D eigenvalue weighted by Crippen LogP contribution is 2.19. The summed E-state index contributed by atoms with van der Waals surface area (Å²) < 4.78 is 0. The number of amides is 2. The number of nitrogens with one attached hydrogen (secondary N) is 3. The molecular formula is C17H19N3O2S. The maximum absolute atomic E-state index is 12.2. The summed E-state index contributed by atoms with van der Waals surface area (Å²) in [6.07, 6.45) is 1.75. The number of benzene rings is 1. The van der Waals surface area contributed by atoms with Crippen molar-refractivity contribution in [2.45, 2.75) is 12.8 Å². The van der Waals surface area contributed by atoms with Crippen LogP contribution in [0.5, 0.6) is 0 Å². The van der Waals surface area contributed by atoms with Crippen LogP contribution >= 0.6 is 11.3 Å². The van der Waals surface area contributed by atoms with Crippen molar-refractivity contribution in [3.63, 3.8) is 0 Å². The lowest BCUT2D eigenvalue weighted by Gasteiger charge is -2.21. The van der Waals surface area contributed by atoms with E-state index in [0.29, 0.717) is 10.6 Å². The minimum atomic E-state index is -0.119. The number of rotatable bonds is 4. The van der Waals surface area contributed by atoms with Gasteiger partial charge in [-0.15, -0.1) is 11.3 Å². The third-order valence-corrected chi connectivity index (χ3v) is 4.73. The zero-order chi connectivity index (χ0) is 16.1. The standard InChI is InChI=1S/C17H19N3O2S/c21-16(12-7-9-18-10-8-12)19-13-3-5-14(6-4-13)20-17(22)15-2-1-11-23-15/h1-6,11-12,18H,7-10H2,(H,19,21)(H,20,22). The van der Waals surface area contributed by atoms with Gasteiger partial charge in [-0.05, 0) is 61.6 Å². The van der Waals surface area contributed by atoms with Gasteiger partial charge < -0.3 is 16.0 Å². The summed E-state index contributed by atoms with van der Waals surface area (Å²) in [5.41, 5.74) is 1.46. The molecule has 1 aliphatic rings. The van der Waals surface area contributed by atoms with E-state index < -0.39 is 0 Å². The summed E-state index contributed by atoms with van der Waals surface area (Å²) in [5.74, 6) is 0.0304. The van der Waals surface area contributed by atoms with E-state index >= 15 is 0 Å². The Morgan fingerprint density at radius 3 is 2.26 bits per heavy atom. The molecule has 1 fully saturated rings. The van der Waals surface area contributed by atoms with Gasteiger partial charge in [0.1, 0.15) is 0 Å². The van der Waals surface area contributed by atoms with Gasteiger partial charge >= 0.3 is 0 Å². The average molecular weight is 329 g/mol. The Hall–Kier alpha value is -2.18. The predicted molar refractivity (Wildman–Crippen MR) is 92.9 cm³/mol. The van der Waals surface area contributed by atoms with Crippen LogP contribution in [0.2, 0.25) is 0 Å². The van der Waals surface area contributed by atoms with Crippen molar-refractivity contribution in [1.29, 1.82) is 0 Å². The summed E-state index contributed by atoms with van der Waals surface area (Å²) in [5, 5.41) is 10.9. The molecule has 2 aromatic rings. The Labute approximate surface area is 139 Å². The molecular weight excluding hydrogens is 310 g/mol. The number of hydrogen-bond donors (Lipinski definition) is 3. The summed E-state index contributed by atoms with van der Waals surface area (Å²) in [7, 11) is 0. The zero-order valence-electron chi connectivity index (χ0n) is 12.7. The minimum Gasteiger partial charge on any atom is -0.326 e. The monoisotopic (exact) mass is 329 g/mol. The molecule has 0 atom stereocenters. The number of carbonyl (C=O) groups excluding carboxylic acids is 2. The molecule has 0 aliphatic carbocycles. The number of anilines is 2. The first-order valence-electron chi connectivity index (χ1n) is 7.69. The minimum absolute atomic E-state index is 0.0712.